The minimum Gasteiger partial charge on any atom is -0.462 e. The summed E-state index contributed by atoms with van der Waals surface area (Å²) in [7, 11) is 0. The van der Waals surface area contributed by atoms with E-state index in [1.807, 2.05) is 6.08 Å². The van der Waals surface area contributed by atoms with Gasteiger partial charge in [0.05, 0.1) is 12.2 Å². The third-order valence-electron chi connectivity index (χ3n) is 2.78. The molecule has 2 rings (SSSR count). The molecule has 2 aromatic heterocycles. The topological polar surface area (TPSA) is 95.8 Å². The molecule has 0 bridgehead atoms. The molecule has 0 fully saturated rings. The average Bonchev–Trinajstić information content (AvgIpc) is 2.94. The quantitative estimate of drug-likeness (QED) is 0.874. The molecular formula is C15H13N3O3S. The summed E-state index contributed by atoms with van der Waals surface area (Å²) >= 11 is 1.42. The zero-order chi connectivity index (χ0) is 16.1. The molecule has 0 aliphatic rings. The lowest BCUT2D eigenvalue weighted by Gasteiger charge is -2.03. The van der Waals surface area contributed by atoms with Gasteiger partial charge < -0.3 is 9.72 Å². The van der Waals surface area contributed by atoms with Crippen LogP contribution in [0, 0.1) is 11.3 Å². The van der Waals surface area contributed by atoms with E-state index < -0.39 is 11.5 Å². The largest absolute Gasteiger partial charge is 0.462 e. The van der Waals surface area contributed by atoms with Crippen LogP contribution in [0.15, 0.2) is 22.4 Å². The second-order valence-electron chi connectivity index (χ2n) is 4.37. The van der Waals surface area contributed by atoms with Gasteiger partial charge in [-0.3, -0.25) is 4.79 Å². The highest BCUT2D eigenvalue weighted by molar-refractivity contribution is 7.11. The maximum Gasteiger partial charge on any atom is 0.345 e. The Hall–Kier alpha value is -2.72. The minimum atomic E-state index is -0.693. The van der Waals surface area contributed by atoms with Crippen LogP contribution in [-0.2, 0) is 4.74 Å². The zero-order valence-corrected chi connectivity index (χ0v) is 12.9. The first-order chi connectivity index (χ1) is 10.5. The number of hydrogen-bond acceptors (Lipinski definition) is 6. The van der Waals surface area contributed by atoms with Crippen molar-refractivity contribution in [3.8, 4) is 6.07 Å². The summed E-state index contributed by atoms with van der Waals surface area (Å²) in [5.74, 6) is -0.327. The highest BCUT2D eigenvalue weighted by atomic mass is 32.1. The standard InChI is InChI=1S/C15H13N3O3S/c1-3-21-15(20)12-7-17-13(18-14(12)19)9(2)4-11-5-10(6-16)8-22-11/h4-5,7-8H,3H2,1-2H3,(H,17,18,19). The van der Waals surface area contributed by atoms with Gasteiger partial charge in [-0.05, 0) is 31.6 Å². The third-order valence-corrected chi connectivity index (χ3v) is 3.66. The van der Waals surface area contributed by atoms with E-state index in [0.717, 1.165) is 10.5 Å². The number of thiophene rings is 1. The van der Waals surface area contributed by atoms with E-state index in [2.05, 4.69) is 16.0 Å². The van der Waals surface area contributed by atoms with Gasteiger partial charge in [0.25, 0.3) is 5.56 Å². The van der Waals surface area contributed by atoms with Gasteiger partial charge in [-0.2, -0.15) is 5.26 Å². The van der Waals surface area contributed by atoms with Crippen molar-refractivity contribution >= 4 is 29.0 Å². The van der Waals surface area contributed by atoms with Crippen molar-refractivity contribution < 1.29 is 9.53 Å². The first-order valence-corrected chi connectivity index (χ1v) is 7.37. The Balaban J connectivity index is 2.29. The van der Waals surface area contributed by atoms with Gasteiger partial charge in [-0.25, -0.2) is 9.78 Å². The summed E-state index contributed by atoms with van der Waals surface area (Å²) in [5.41, 5.74) is 0.642. The van der Waals surface area contributed by atoms with E-state index in [0.29, 0.717) is 11.4 Å². The van der Waals surface area contributed by atoms with Crippen molar-refractivity contribution in [2.24, 2.45) is 0 Å². The van der Waals surface area contributed by atoms with Gasteiger partial charge in [-0.1, -0.05) is 0 Å². The minimum absolute atomic E-state index is 0.124. The number of aromatic amines is 1. The number of H-pyrrole nitrogens is 1. The van der Waals surface area contributed by atoms with E-state index in [-0.39, 0.29) is 12.2 Å². The number of nitriles is 1. The Morgan fingerprint density at radius 2 is 2.36 bits per heavy atom. The Kier molecular flexibility index (Phi) is 4.86. The number of hydrogen-bond donors (Lipinski definition) is 1. The van der Waals surface area contributed by atoms with Gasteiger partial charge in [-0.15, -0.1) is 11.3 Å². The second kappa shape index (κ2) is 6.83. The molecule has 0 spiro atoms. The molecule has 6 nitrogen and oxygen atoms in total. The van der Waals surface area contributed by atoms with E-state index in [4.69, 9.17) is 10.00 Å². The molecule has 22 heavy (non-hydrogen) atoms. The fourth-order valence-electron chi connectivity index (χ4n) is 1.72. The average molecular weight is 315 g/mol. The van der Waals surface area contributed by atoms with E-state index in [1.54, 1.807) is 25.3 Å². The molecule has 112 valence electrons. The maximum absolute atomic E-state index is 11.9. The van der Waals surface area contributed by atoms with Crippen molar-refractivity contribution in [3.05, 3.63) is 49.8 Å². The van der Waals surface area contributed by atoms with Crippen molar-refractivity contribution in [2.75, 3.05) is 6.61 Å². The SMILES string of the molecule is CCOC(=O)c1cnc(C(C)=Cc2cc(C#N)cs2)[nH]c1=O. The number of carbonyl (C=O) groups excluding carboxylic acids is 1. The van der Waals surface area contributed by atoms with Crippen LogP contribution < -0.4 is 5.56 Å². The van der Waals surface area contributed by atoms with Crippen LogP contribution in [0.1, 0.15) is 40.5 Å². The molecule has 0 saturated heterocycles. The Morgan fingerprint density at radius 1 is 1.59 bits per heavy atom. The van der Waals surface area contributed by atoms with Crippen molar-refractivity contribution in [3.63, 3.8) is 0 Å². The normalized spacial score (nSPS) is 11.0. The second-order valence-corrected chi connectivity index (χ2v) is 5.31. The van der Waals surface area contributed by atoms with Crippen LogP contribution in [0.3, 0.4) is 0 Å². The highest BCUT2D eigenvalue weighted by Gasteiger charge is 2.13. The molecule has 1 N–H and O–H groups in total. The summed E-state index contributed by atoms with van der Waals surface area (Å²) in [5, 5.41) is 10.5. The number of rotatable bonds is 4. The molecule has 0 saturated carbocycles. The highest BCUT2D eigenvalue weighted by Crippen LogP contribution is 2.20. The van der Waals surface area contributed by atoms with E-state index in [9.17, 15) is 9.59 Å². The number of nitrogens with zero attached hydrogens (tertiary/aromatic N) is 2. The van der Waals surface area contributed by atoms with Gasteiger partial charge >= 0.3 is 5.97 Å². The van der Waals surface area contributed by atoms with Gasteiger partial charge in [0.15, 0.2) is 0 Å². The van der Waals surface area contributed by atoms with Crippen LogP contribution in [0.25, 0.3) is 11.6 Å². The zero-order valence-electron chi connectivity index (χ0n) is 12.0. The van der Waals surface area contributed by atoms with Crippen LogP contribution in [-0.4, -0.2) is 22.5 Å². The van der Waals surface area contributed by atoms with Crippen LogP contribution in [0.2, 0.25) is 0 Å². The molecule has 0 radical (unpaired) electrons. The van der Waals surface area contributed by atoms with E-state index >= 15 is 0 Å². The Bertz CT molecular complexity index is 827. The first kappa shape index (κ1) is 15.7. The first-order valence-electron chi connectivity index (χ1n) is 6.49. The summed E-state index contributed by atoms with van der Waals surface area (Å²) in [6, 6.07) is 3.81. The molecule has 2 aromatic rings. The molecule has 0 aliphatic heterocycles. The molecule has 2 heterocycles. The summed E-state index contributed by atoms with van der Waals surface area (Å²) in [4.78, 5) is 31.0. The molecule has 7 heteroatoms. The maximum atomic E-state index is 11.9. The lowest BCUT2D eigenvalue weighted by molar-refractivity contribution is 0.0523. The van der Waals surface area contributed by atoms with Gasteiger partial charge in [0.2, 0.25) is 0 Å². The molecule has 0 aromatic carbocycles. The number of esters is 1. The molecule has 0 amide bonds. The molecule has 0 aliphatic carbocycles. The number of ether oxygens (including phenoxy) is 1. The van der Waals surface area contributed by atoms with Crippen molar-refractivity contribution in [1.29, 1.82) is 5.26 Å². The van der Waals surface area contributed by atoms with Crippen LogP contribution in [0.4, 0.5) is 0 Å². The molecular weight excluding hydrogens is 302 g/mol. The summed E-state index contributed by atoms with van der Waals surface area (Å²) in [6.45, 7) is 3.64. The fraction of sp³-hybridized carbons (Fsp3) is 0.200. The predicted molar refractivity (Wildman–Crippen MR) is 83.4 cm³/mol. The third kappa shape index (κ3) is 3.48. The van der Waals surface area contributed by atoms with Gasteiger partial charge in [0, 0.05) is 16.5 Å². The number of aromatic nitrogens is 2. The predicted octanol–water partition coefficient (Wildman–Crippen LogP) is 2.44. The number of nitrogens with one attached hydrogen (secondary N) is 1. The van der Waals surface area contributed by atoms with Crippen LogP contribution >= 0.6 is 11.3 Å². The fourth-order valence-corrected chi connectivity index (χ4v) is 2.54. The Morgan fingerprint density at radius 3 is 2.95 bits per heavy atom. The molecule has 0 atom stereocenters. The lowest BCUT2D eigenvalue weighted by atomic mass is 10.2. The lowest BCUT2D eigenvalue weighted by Crippen LogP contribution is -2.21. The number of carbonyl (C=O) groups is 1. The van der Waals surface area contributed by atoms with Crippen LogP contribution in [0.5, 0.6) is 0 Å². The number of allylic oxidation sites excluding steroid dienone is 1. The van der Waals surface area contributed by atoms with Gasteiger partial charge in [0.1, 0.15) is 17.5 Å². The summed E-state index contributed by atoms with van der Waals surface area (Å²) < 4.78 is 4.78. The van der Waals surface area contributed by atoms with E-state index in [1.165, 1.54) is 17.5 Å². The monoisotopic (exact) mass is 315 g/mol. The molecule has 0 unspecified atom stereocenters. The Labute approximate surface area is 130 Å². The smallest absolute Gasteiger partial charge is 0.345 e. The van der Waals surface area contributed by atoms with Crippen molar-refractivity contribution in [2.45, 2.75) is 13.8 Å². The van der Waals surface area contributed by atoms with Crippen molar-refractivity contribution in [1.82, 2.24) is 9.97 Å². The summed E-state index contributed by atoms with van der Waals surface area (Å²) in [6.07, 6.45) is 3.02.